The number of alkyl carbamates (subject to hydrolysis) is 1. The number of esters is 3. The maximum atomic E-state index is 15.0. The van der Waals surface area contributed by atoms with E-state index in [1.54, 1.807) is 58.0 Å². The number of anilines is 2. The van der Waals surface area contributed by atoms with Gasteiger partial charge in [0.15, 0.2) is 5.75 Å². The minimum atomic E-state index is -2.08. The predicted molar refractivity (Wildman–Crippen MR) is 347 cm³/mol. The molecule has 27 nitrogen and oxygen atoms in total. The molecule has 5 aliphatic rings. The Kier molecular flexibility index (Phi) is 24.9. The van der Waals surface area contributed by atoms with Crippen LogP contribution in [-0.4, -0.2) is 174 Å². The third-order valence-electron chi connectivity index (χ3n) is 17.9. The van der Waals surface area contributed by atoms with E-state index in [-0.39, 0.29) is 75.3 Å². The van der Waals surface area contributed by atoms with Crippen molar-refractivity contribution >= 4 is 82.2 Å². The summed E-state index contributed by atoms with van der Waals surface area (Å²) in [6, 6.07) is 4.83. The number of hydrogen-bond acceptors (Lipinski definition) is 23. The lowest BCUT2D eigenvalue weighted by atomic mass is 9.78. The Bertz CT molecular complexity index is 3680. The van der Waals surface area contributed by atoms with E-state index in [0.29, 0.717) is 55.7 Å². The summed E-state index contributed by atoms with van der Waals surface area (Å²) < 4.78 is 40.4. The maximum Gasteiger partial charge on any atom is 0.410 e. The highest BCUT2D eigenvalue weighted by molar-refractivity contribution is 6.21. The van der Waals surface area contributed by atoms with Crippen molar-refractivity contribution < 1.29 is 96.4 Å². The molecule has 0 saturated carbocycles. The van der Waals surface area contributed by atoms with Gasteiger partial charge in [-0.1, -0.05) is 78.8 Å². The quantitative estimate of drug-likeness (QED) is 0.0196. The van der Waals surface area contributed by atoms with E-state index >= 15 is 4.79 Å². The van der Waals surface area contributed by atoms with Crippen molar-refractivity contribution in [3.05, 3.63) is 87.8 Å². The minimum absolute atomic E-state index is 0.0207. The summed E-state index contributed by atoms with van der Waals surface area (Å²) in [5.41, 5.74) is 0.373. The van der Waals surface area contributed by atoms with E-state index in [9.17, 15) is 58.5 Å². The molecule has 4 amide bonds. The number of nitrogens with one attached hydrogen (secondary N) is 3. The van der Waals surface area contributed by atoms with E-state index in [0.717, 1.165) is 11.4 Å². The first-order chi connectivity index (χ1) is 45.4. The Balaban J connectivity index is 1.24. The molecule has 6 N–H and O–H groups in total. The number of ketones is 1. The average molecular weight is 1340 g/mol. The van der Waals surface area contributed by atoms with Crippen molar-refractivity contribution in [2.75, 3.05) is 57.8 Å². The van der Waals surface area contributed by atoms with Crippen LogP contribution in [-0.2, 0) is 73.2 Å². The van der Waals surface area contributed by atoms with Gasteiger partial charge < -0.3 is 83.8 Å². The lowest BCUT2D eigenvalue weighted by Crippen LogP contribution is -2.50. The fourth-order valence-electron chi connectivity index (χ4n) is 12.5. The number of Topliss-reactive ketones (excluding diaryl/α,β-unsaturated/α-hetero) is 1. The number of ether oxygens (including phenoxy) is 7. The monoisotopic (exact) mass is 1340 g/mol. The number of aromatic hydroxyl groups is 2. The number of amides is 4. The highest BCUT2D eigenvalue weighted by Gasteiger charge is 2.51. The molecule has 96 heavy (non-hydrogen) atoms. The van der Waals surface area contributed by atoms with Gasteiger partial charge in [-0.2, -0.15) is 0 Å². The number of aliphatic hydroxyl groups excluding tert-OH is 1. The number of carbonyl (C=O) groups excluding carboxylic acids is 10. The fraction of sp³-hybridized carbons (Fsp3) is 0.536. The molecule has 0 radical (unpaired) electrons. The summed E-state index contributed by atoms with van der Waals surface area (Å²) in [6.07, 6.45) is 2.73. The summed E-state index contributed by atoms with van der Waals surface area (Å²) in [4.78, 5) is 144. The van der Waals surface area contributed by atoms with Crippen LogP contribution in [0.1, 0.15) is 123 Å². The van der Waals surface area contributed by atoms with Crippen LogP contribution in [0.25, 0.3) is 10.8 Å². The number of likely N-dealkylation sites (N-methyl/N-ethyl adjacent to an activating group) is 1. The van der Waals surface area contributed by atoms with Crippen LogP contribution in [0.2, 0.25) is 0 Å². The first kappa shape index (κ1) is 74.3. The molecule has 1 spiro atoms. The van der Waals surface area contributed by atoms with Gasteiger partial charge in [0.2, 0.25) is 18.6 Å². The number of aliphatic hydroxyl groups is 1. The van der Waals surface area contributed by atoms with Crippen LogP contribution >= 0.6 is 0 Å². The molecule has 5 heterocycles. The standard InChI is InChI=1S/C69H89N7O20/c1-14-50(81)91-35-92-67(89)71-47(22-23-49(80)70-46-20-18-44(19-21-46)30-45(33-77)34-78)66(88)75(12)32-51(82)95-61-37(4)16-15-17-38(5)65(87)72-57-56-55(73-69(74-56)25-27-76(28-26-69)31-36(2)3)52-53(60(57)85)59(84)42(9)63-54(52)64(86)68(11,96-63)93-29-24-48(90-13)39(6)62(94-43(10)79)41(8)58(83)40(61)7/h15-21,24,29,33-34,36-37,39-41,45,47-48,58,61-62,73,83-85H,14,22-23,25-28,30-32,35H2,1-13H3,(H,70,80)(H,71,89)/b16-15-,29-24?,38-17?,72-57?. The molecule has 10 unspecified atom stereocenters. The van der Waals surface area contributed by atoms with Gasteiger partial charge in [0.25, 0.3) is 11.7 Å². The van der Waals surface area contributed by atoms with E-state index in [1.807, 2.05) is 0 Å². The van der Waals surface area contributed by atoms with Crippen molar-refractivity contribution in [2.45, 2.75) is 157 Å². The third kappa shape index (κ3) is 17.3. The zero-order chi connectivity index (χ0) is 70.7. The van der Waals surface area contributed by atoms with E-state index < -0.39 is 144 Å². The van der Waals surface area contributed by atoms with Crippen LogP contribution in [0, 0.1) is 42.4 Å². The summed E-state index contributed by atoms with van der Waals surface area (Å²) >= 11 is 0. The maximum absolute atomic E-state index is 15.0. The molecule has 1 saturated heterocycles. The van der Waals surface area contributed by atoms with Crippen LogP contribution in [0.4, 0.5) is 16.2 Å². The zero-order valence-electron chi connectivity index (χ0n) is 56.6. The summed E-state index contributed by atoms with van der Waals surface area (Å²) in [6.45, 7) is 18.5. The molecule has 5 aliphatic heterocycles. The molecule has 27 heteroatoms. The smallest absolute Gasteiger partial charge is 0.410 e. The Morgan fingerprint density at radius 1 is 0.896 bits per heavy atom. The SMILES string of the molecule is CCC(=O)OCOC(=O)NC(CCC(=O)Nc1ccc(CC(C=O)C=O)cc1)C(=O)N(C)CC(=O)OC1C(C)/C=C\C=C(C)C(=O)N=c2c(O)c3c(O)c(C)c4c(c3c3c2=NC2(CCN(CC(C)C)CC2)N3)C(=O)C(C)(OC=CC(OC)C(C)C(OC(C)=O)C(C)C(O)C1C)O4. The van der Waals surface area contributed by atoms with Crippen LogP contribution in [0.15, 0.2) is 70.4 Å². The fourth-order valence-corrected chi connectivity index (χ4v) is 12.5. The second-order valence-electron chi connectivity index (χ2n) is 25.7. The molecular formula is C69H89N7O20. The second-order valence-corrected chi connectivity index (χ2v) is 25.7. The van der Waals surface area contributed by atoms with Gasteiger partial charge in [0, 0.05) is 119 Å². The topological polar surface area (TPSA) is 363 Å². The van der Waals surface area contributed by atoms with Gasteiger partial charge in [-0.05, 0) is 56.4 Å². The Labute approximate surface area is 556 Å². The highest BCUT2D eigenvalue weighted by Crippen LogP contribution is 2.51. The van der Waals surface area contributed by atoms with Gasteiger partial charge in [-0.15, -0.1) is 0 Å². The Morgan fingerprint density at radius 3 is 2.19 bits per heavy atom. The molecule has 10 atom stereocenters. The van der Waals surface area contributed by atoms with Crippen molar-refractivity contribution in [1.82, 2.24) is 15.1 Å². The first-order valence-electron chi connectivity index (χ1n) is 32.1. The molecule has 3 aromatic carbocycles. The van der Waals surface area contributed by atoms with Gasteiger partial charge >= 0.3 is 29.8 Å². The molecule has 8 rings (SSSR count). The number of rotatable bonds is 20. The number of carbonyl (C=O) groups is 10. The predicted octanol–water partition coefficient (Wildman–Crippen LogP) is 5.74. The van der Waals surface area contributed by atoms with Crippen LogP contribution in [0.3, 0.4) is 0 Å². The highest BCUT2D eigenvalue weighted by atomic mass is 16.7. The van der Waals surface area contributed by atoms with E-state index in [4.69, 9.17) is 38.2 Å². The molecule has 0 aliphatic carbocycles. The number of benzene rings is 3. The van der Waals surface area contributed by atoms with Crippen molar-refractivity contribution in [2.24, 2.45) is 45.5 Å². The largest absolute Gasteiger partial charge is 0.507 e. The molecule has 520 valence electrons. The van der Waals surface area contributed by atoms with Crippen molar-refractivity contribution in [3.63, 3.8) is 0 Å². The lowest BCUT2D eigenvalue weighted by Gasteiger charge is -2.39. The first-order valence-corrected chi connectivity index (χ1v) is 32.1. The van der Waals surface area contributed by atoms with Crippen LogP contribution < -0.4 is 31.4 Å². The second kappa shape index (κ2) is 32.1. The average Bonchev–Trinajstić information content (AvgIpc) is 1.51. The number of allylic oxidation sites excluding steroid dienone is 2. The third-order valence-corrected chi connectivity index (χ3v) is 17.9. The number of nitrogens with zero attached hydrogens (tertiary/aromatic N) is 4. The van der Waals surface area contributed by atoms with Gasteiger partial charge in [0.05, 0.1) is 41.0 Å². The van der Waals surface area contributed by atoms with Gasteiger partial charge in [0.1, 0.15) is 65.2 Å². The molecule has 3 aromatic rings. The molecule has 0 aromatic heterocycles. The van der Waals surface area contributed by atoms with Crippen molar-refractivity contribution in [3.8, 4) is 17.2 Å². The van der Waals surface area contributed by atoms with Crippen molar-refractivity contribution in [1.29, 1.82) is 0 Å². The minimum Gasteiger partial charge on any atom is -0.507 e. The molecule has 1 fully saturated rings. The number of fused-ring (bicyclic) bond motifs is 13. The zero-order valence-corrected chi connectivity index (χ0v) is 56.6. The van der Waals surface area contributed by atoms with E-state index in [1.165, 1.54) is 73.3 Å². The summed E-state index contributed by atoms with van der Waals surface area (Å²) in [5.74, 6) is -12.5. The van der Waals surface area contributed by atoms with Crippen LogP contribution in [0.5, 0.6) is 17.2 Å². The number of phenols is 2. The number of piperidine rings is 1. The van der Waals surface area contributed by atoms with Gasteiger partial charge in [-0.3, -0.25) is 38.6 Å². The summed E-state index contributed by atoms with van der Waals surface area (Å²) in [5, 5.41) is 45.2. The molecule has 5 bridgehead atoms. The summed E-state index contributed by atoms with van der Waals surface area (Å²) in [7, 11) is 2.64. The number of phenolic OH excluding ortho intramolecular Hbond substituents is 2. The lowest BCUT2D eigenvalue weighted by molar-refractivity contribution is -0.167. The Hall–Kier alpha value is -9.08. The molecular weight excluding hydrogens is 1250 g/mol. The Morgan fingerprint density at radius 2 is 1.56 bits per heavy atom. The number of hydrogen-bond donors (Lipinski definition) is 6. The van der Waals surface area contributed by atoms with E-state index in [2.05, 4.69) is 39.7 Å². The normalized spacial score (nSPS) is 24.1. The number of likely N-dealkylation sites (tertiary alicyclic amines) is 1. The van der Waals surface area contributed by atoms with Gasteiger partial charge in [-0.25, -0.2) is 9.79 Å². The number of aldehydes is 2. The number of methoxy groups -OCH3 is 1.